The Hall–Kier alpha value is -6.00. The fourth-order valence-corrected chi connectivity index (χ4v) is 10.9. The van der Waals surface area contributed by atoms with Gasteiger partial charge in [-0.3, -0.25) is 15.0 Å². The molecule has 0 unspecified atom stereocenters. The molecule has 0 aliphatic rings. The number of para-hydroxylation sites is 6. The molecular formula is C54H51N3O3S3. The first kappa shape index (κ1) is 45.0. The van der Waals surface area contributed by atoms with Crippen LogP contribution in [0.5, 0.6) is 17.2 Å². The van der Waals surface area contributed by atoms with Crippen molar-refractivity contribution in [2.45, 2.75) is 72.0 Å². The van der Waals surface area contributed by atoms with Gasteiger partial charge in [0.1, 0.15) is 17.2 Å². The van der Waals surface area contributed by atoms with E-state index in [1.165, 1.54) is 33.4 Å². The van der Waals surface area contributed by atoms with Crippen molar-refractivity contribution in [3.05, 3.63) is 196 Å². The van der Waals surface area contributed by atoms with Gasteiger partial charge >= 0.3 is 0 Å². The topological polar surface area (TPSA) is 97.8 Å². The van der Waals surface area contributed by atoms with Gasteiger partial charge in [0, 0.05) is 67.3 Å². The summed E-state index contributed by atoms with van der Waals surface area (Å²) < 4.78 is 0. The monoisotopic (exact) mass is 885 g/mol. The van der Waals surface area contributed by atoms with Crippen LogP contribution < -0.4 is 0 Å². The number of phenolic OH excluding ortho intramolecular Hbond substituents is 3. The molecule has 7 aromatic carbocycles. The summed E-state index contributed by atoms with van der Waals surface area (Å²) in [6, 6.07) is 46.4. The van der Waals surface area contributed by atoms with E-state index in [9.17, 15) is 15.3 Å². The molecule has 0 heterocycles. The number of aromatic hydroxyl groups is 3. The summed E-state index contributed by atoms with van der Waals surface area (Å²) in [5.74, 6) is 2.93. The Morgan fingerprint density at radius 3 is 0.873 bits per heavy atom. The molecule has 0 amide bonds. The molecule has 0 bridgehead atoms. The maximum Gasteiger partial charge on any atom is 0.124 e. The zero-order valence-electron chi connectivity index (χ0n) is 35.7. The lowest BCUT2D eigenvalue weighted by atomic mass is 9.85. The minimum Gasteiger partial charge on any atom is -0.507 e. The van der Waals surface area contributed by atoms with E-state index in [4.69, 9.17) is 15.0 Å². The molecule has 0 saturated heterocycles. The van der Waals surface area contributed by atoms with Gasteiger partial charge in [-0.05, 0) is 125 Å². The average Bonchev–Trinajstić information content (AvgIpc) is 3.31. The molecule has 0 fully saturated rings. The van der Waals surface area contributed by atoms with E-state index >= 15 is 0 Å². The van der Waals surface area contributed by atoms with Crippen LogP contribution in [0.15, 0.2) is 175 Å². The second-order valence-electron chi connectivity index (χ2n) is 14.7. The van der Waals surface area contributed by atoms with Gasteiger partial charge in [0.15, 0.2) is 0 Å². The second kappa shape index (κ2) is 22.4. The van der Waals surface area contributed by atoms with Crippen molar-refractivity contribution < 1.29 is 15.3 Å². The second-order valence-corrected chi connectivity index (χ2v) is 17.7. The summed E-state index contributed by atoms with van der Waals surface area (Å²) in [6.07, 6.45) is 7.88. The number of hydrogen-bond donors (Lipinski definition) is 3. The van der Waals surface area contributed by atoms with Crippen LogP contribution in [0.4, 0.5) is 17.1 Å². The number of benzene rings is 7. The molecule has 7 aromatic rings. The quantitative estimate of drug-likeness (QED) is 0.0587. The Kier molecular flexibility index (Phi) is 16.0. The molecule has 0 aromatic heterocycles. The number of rotatable bonds is 18. The van der Waals surface area contributed by atoms with Crippen LogP contribution in [0.1, 0.15) is 70.8 Å². The minimum absolute atomic E-state index is 0.202. The molecular weight excluding hydrogens is 835 g/mol. The largest absolute Gasteiger partial charge is 0.507 e. The van der Waals surface area contributed by atoms with E-state index in [0.717, 1.165) is 68.3 Å². The highest BCUT2D eigenvalue weighted by atomic mass is 32.2. The molecule has 63 heavy (non-hydrogen) atoms. The van der Waals surface area contributed by atoms with Crippen molar-refractivity contribution >= 4 is 71.0 Å². The smallest absolute Gasteiger partial charge is 0.124 e. The highest BCUT2D eigenvalue weighted by Crippen LogP contribution is 2.43. The molecule has 0 saturated carbocycles. The Bertz CT molecular complexity index is 2450. The highest BCUT2D eigenvalue weighted by Gasteiger charge is 2.23. The third-order valence-corrected chi connectivity index (χ3v) is 14.1. The van der Waals surface area contributed by atoms with Gasteiger partial charge in [-0.2, -0.15) is 0 Å². The predicted octanol–water partition coefficient (Wildman–Crippen LogP) is 14.6. The molecule has 6 nitrogen and oxygen atoms in total. The first-order valence-corrected chi connectivity index (χ1v) is 24.1. The average molecular weight is 886 g/mol. The fraction of sp³-hybridized carbons (Fsp3) is 0.167. The molecule has 318 valence electrons. The van der Waals surface area contributed by atoms with Crippen molar-refractivity contribution in [1.29, 1.82) is 0 Å². The predicted molar refractivity (Wildman–Crippen MR) is 269 cm³/mol. The molecule has 3 N–H and O–H groups in total. The number of aliphatic imine (C=N–C) groups is 3. The van der Waals surface area contributed by atoms with E-state index in [1.54, 1.807) is 72.1 Å². The molecule has 0 aliphatic carbocycles. The van der Waals surface area contributed by atoms with Gasteiger partial charge in [-0.1, -0.05) is 93.6 Å². The summed E-state index contributed by atoms with van der Waals surface area (Å²) in [5, 5.41) is 31.3. The molecule has 0 atom stereocenters. The number of hydrogen-bond acceptors (Lipinski definition) is 9. The standard InChI is InChI=1S/C54H51N3O3S3/c1-4-40-43(34-61-52-28-16-10-22-46(52)55-31-37-19-7-13-25-49(37)58)41(5-2)45(36-63-54-30-18-12-24-48(54)57-33-39-21-9-15-27-51(39)60)42(6-3)44(40)35-62-53-29-17-11-23-47(53)56-32-38-20-8-14-26-50(38)59/h7-33,58-60H,4-6,34-36H2,1-3H3. The van der Waals surface area contributed by atoms with Crippen LogP contribution >= 0.6 is 35.3 Å². The zero-order chi connectivity index (χ0) is 44.0. The van der Waals surface area contributed by atoms with E-state index in [1.807, 2.05) is 91.0 Å². The lowest BCUT2D eigenvalue weighted by Gasteiger charge is -2.26. The van der Waals surface area contributed by atoms with Crippen molar-refractivity contribution in [3.63, 3.8) is 0 Å². The lowest BCUT2D eigenvalue weighted by molar-refractivity contribution is 0.474. The van der Waals surface area contributed by atoms with Gasteiger partial charge in [-0.25, -0.2) is 0 Å². The van der Waals surface area contributed by atoms with Crippen LogP contribution in [0.2, 0.25) is 0 Å². The molecule has 0 spiro atoms. The summed E-state index contributed by atoms with van der Waals surface area (Å²) in [7, 11) is 0. The van der Waals surface area contributed by atoms with E-state index in [2.05, 4.69) is 57.2 Å². The summed E-state index contributed by atoms with van der Waals surface area (Å²) in [4.78, 5) is 17.8. The van der Waals surface area contributed by atoms with Crippen LogP contribution in [0.3, 0.4) is 0 Å². The van der Waals surface area contributed by atoms with Crippen LogP contribution in [-0.2, 0) is 36.5 Å². The Morgan fingerprint density at radius 1 is 0.349 bits per heavy atom. The van der Waals surface area contributed by atoms with Gasteiger partial charge in [0.05, 0.1) is 17.1 Å². The minimum atomic E-state index is 0.202. The fourth-order valence-electron chi connectivity index (χ4n) is 7.61. The van der Waals surface area contributed by atoms with Crippen LogP contribution in [0, 0.1) is 0 Å². The van der Waals surface area contributed by atoms with Gasteiger partial charge < -0.3 is 15.3 Å². The number of phenols is 3. The van der Waals surface area contributed by atoms with E-state index in [0.29, 0.717) is 16.7 Å². The van der Waals surface area contributed by atoms with Crippen LogP contribution in [-0.4, -0.2) is 34.0 Å². The van der Waals surface area contributed by atoms with Gasteiger partial charge in [-0.15, -0.1) is 35.3 Å². The SMILES string of the molecule is CCc1c(CSc2ccccc2N=Cc2ccccc2O)c(CC)c(CSc2ccccc2N=Cc2ccccc2O)c(CC)c1CSc1ccccc1N=Cc1ccccc1O. The van der Waals surface area contributed by atoms with Gasteiger partial charge in [0.25, 0.3) is 0 Å². The maximum absolute atomic E-state index is 10.4. The van der Waals surface area contributed by atoms with Crippen molar-refractivity contribution in [3.8, 4) is 17.2 Å². The van der Waals surface area contributed by atoms with Gasteiger partial charge in [0.2, 0.25) is 0 Å². The first-order valence-electron chi connectivity index (χ1n) is 21.2. The van der Waals surface area contributed by atoms with Crippen molar-refractivity contribution in [2.75, 3.05) is 0 Å². The summed E-state index contributed by atoms with van der Waals surface area (Å²) in [6.45, 7) is 6.83. The van der Waals surface area contributed by atoms with Crippen molar-refractivity contribution in [2.24, 2.45) is 15.0 Å². The van der Waals surface area contributed by atoms with Crippen molar-refractivity contribution in [1.82, 2.24) is 0 Å². The normalized spacial score (nSPS) is 11.7. The Balaban J connectivity index is 1.27. The zero-order valence-corrected chi connectivity index (χ0v) is 38.2. The Morgan fingerprint density at radius 2 is 0.603 bits per heavy atom. The Labute approximate surface area is 384 Å². The summed E-state index contributed by atoms with van der Waals surface area (Å²) >= 11 is 5.42. The van der Waals surface area contributed by atoms with E-state index in [-0.39, 0.29) is 17.2 Å². The first-order chi connectivity index (χ1) is 30.9. The number of nitrogens with zero attached hydrogens (tertiary/aromatic N) is 3. The third kappa shape index (κ3) is 11.3. The number of thioether (sulfide) groups is 3. The van der Waals surface area contributed by atoms with E-state index < -0.39 is 0 Å². The molecule has 9 heteroatoms. The lowest BCUT2D eigenvalue weighted by Crippen LogP contribution is -2.12. The van der Waals surface area contributed by atoms with Crippen LogP contribution in [0.25, 0.3) is 0 Å². The molecule has 0 aliphatic heterocycles. The maximum atomic E-state index is 10.4. The summed E-state index contributed by atoms with van der Waals surface area (Å²) in [5.41, 5.74) is 12.9. The molecule has 0 radical (unpaired) electrons. The molecule has 7 rings (SSSR count). The highest BCUT2D eigenvalue weighted by molar-refractivity contribution is 7.99. The third-order valence-electron chi connectivity index (χ3n) is 10.8.